The minimum absolute atomic E-state index is 0.0858. The Morgan fingerprint density at radius 1 is 1.31 bits per heavy atom. The summed E-state index contributed by atoms with van der Waals surface area (Å²) in [6.45, 7) is 3.62. The van der Waals surface area contributed by atoms with Crippen LogP contribution in [0.5, 0.6) is 5.75 Å². The van der Waals surface area contributed by atoms with E-state index in [1.165, 1.54) is 7.11 Å². The number of carbonyl (C=O) groups is 1. The van der Waals surface area contributed by atoms with Crippen LogP contribution in [0.1, 0.15) is 13.8 Å². The van der Waals surface area contributed by atoms with Crippen LogP contribution in [0.15, 0.2) is 12.1 Å². The van der Waals surface area contributed by atoms with Gasteiger partial charge in [0.2, 0.25) is 5.91 Å². The molecule has 0 aromatic heterocycles. The average molecular weight is 262 g/mol. The van der Waals surface area contributed by atoms with Gasteiger partial charge in [0.1, 0.15) is 0 Å². The van der Waals surface area contributed by atoms with Crippen molar-refractivity contribution < 1.29 is 9.53 Å². The largest absolute Gasteiger partial charge is 0.494 e. The van der Waals surface area contributed by atoms with E-state index in [1.54, 1.807) is 12.1 Å². The van der Waals surface area contributed by atoms with Gasteiger partial charge < -0.3 is 10.1 Å². The highest BCUT2D eigenvalue weighted by Crippen LogP contribution is 2.35. The van der Waals surface area contributed by atoms with Gasteiger partial charge in [-0.05, 0) is 12.1 Å². The van der Waals surface area contributed by atoms with E-state index in [1.807, 2.05) is 13.8 Å². The van der Waals surface area contributed by atoms with E-state index in [9.17, 15) is 4.79 Å². The van der Waals surface area contributed by atoms with Crippen molar-refractivity contribution in [2.75, 3.05) is 12.4 Å². The maximum absolute atomic E-state index is 11.5. The average Bonchev–Trinajstić information content (AvgIpc) is 2.16. The highest BCUT2D eigenvalue weighted by atomic mass is 35.5. The van der Waals surface area contributed by atoms with Crippen molar-refractivity contribution in [2.24, 2.45) is 5.92 Å². The van der Waals surface area contributed by atoms with Gasteiger partial charge in [-0.1, -0.05) is 37.0 Å². The van der Waals surface area contributed by atoms with Crippen molar-refractivity contribution in [3.8, 4) is 5.75 Å². The fourth-order valence-electron chi connectivity index (χ4n) is 1.11. The number of rotatable bonds is 3. The number of benzene rings is 1. The third kappa shape index (κ3) is 3.03. The number of nitrogens with one attached hydrogen (secondary N) is 1. The molecule has 0 bridgehead atoms. The smallest absolute Gasteiger partial charge is 0.226 e. The SMILES string of the molecule is COc1c(Cl)cc(NC(=O)C(C)C)cc1Cl. The van der Waals surface area contributed by atoms with Crippen LogP contribution < -0.4 is 10.1 Å². The van der Waals surface area contributed by atoms with Gasteiger partial charge in [-0.25, -0.2) is 0 Å². The van der Waals surface area contributed by atoms with Gasteiger partial charge in [0, 0.05) is 11.6 Å². The lowest BCUT2D eigenvalue weighted by Gasteiger charge is -2.11. The molecule has 1 rings (SSSR count). The zero-order valence-electron chi connectivity index (χ0n) is 9.30. The first-order valence-corrected chi connectivity index (χ1v) is 5.55. The quantitative estimate of drug-likeness (QED) is 0.903. The van der Waals surface area contributed by atoms with Gasteiger partial charge in [-0.15, -0.1) is 0 Å². The van der Waals surface area contributed by atoms with E-state index in [0.717, 1.165) is 0 Å². The Kier molecular flexibility index (Phi) is 4.44. The lowest BCUT2D eigenvalue weighted by atomic mass is 10.2. The standard InChI is InChI=1S/C11H13Cl2NO2/c1-6(2)11(15)14-7-4-8(12)10(16-3)9(13)5-7/h4-6H,1-3H3,(H,14,15). The Bertz CT molecular complexity index is 382. The summed E-state index contributed by atoms with van der Waals surface area (Å²) >= 11 is 11.9. The van der Waals surface area contributed by atoms with Crippen molar-refractivity contribution in [3.05, 3.63) is 22.2 Å². The number of hydrogen-bond donors (Lipinski definition) is 1. The molecular weight excluding hydrogens is 249 g/mol. The van der Waals surface area contributed by atoms with Gasteiger partial charge in [-0.3, -0.25) is 4.79 Å². The predicted molar refractivity (Wildman–Crippen MR) is 66.5 cm³/mol. The molecule has 0 spiro atoms. The van der Waals surface area contributed by atoms with Crippen molar-refractivity contribution in [1.29, 1.82) is 0 Å². The molecule has 0 radical (unpaired) electrons. The lowest BCUT2D eigenvalue weighted by molar-refractivity contribution is -0.118. The maximum atomic E-state index is 11.5. The summed E-state index contributed by atoms with van der Waals surface area (Å²) in [4.78, 5) is 11.5. The van der Waals surface area contributed by atoms with Crippen molar-refractivity contribution in [1.82, 2.24) is 0 Å². The number of halogens is 2. The number of hydrogen-bond acceptors (Lipinski definition) is 2. The molecule has 3 nitrogen and oxygen atoms in total. The van der Waals surface area contributed by atoms with Crippen LogP contribution in [0.25, 0.3) is 0 Å². The van der Waals surface area contributed by atoms with E-state index < -0.39 is 0 Å². The van der Waals surface area contributed by atoms with Crippen molar-refractivity contribution in [2.45, 2.75) is 13.8 Å². The number of amides is 1. The van der Waals surface area contributed by atoms with E-state index in [4.69, 9.17) is 27.9 Å². The molecular formula is C11H13Cl2NO2. The molecule has 0 unspecified atom stereocenters. The molecule has 0 atom stereocenters. The van der Waals surface area contributed by atoms with Crippen LogP contribution in [0, 0.1) is 5.92 Å². The summed E-state index contributed by atoms with van der Waals surface area (Å²) in [6, 6.07) is 3.21. The molecule has 5 heteroatoms. The molecule has 88 valence electrons. The van der Waals surface area contributed by atoms with Crippen LogP contribution in [-0.2, 0) is 4.79 Å². The number of methoxy groups -OCH3 is 1. The Morgan fingerprint density at radius 3 is 2.19 bits per heavy atom. The van der Waals surface area contributed by atoms with E-state index in [2.05, 4.69) is 5.32 Å². The molecule has 1 aromatic rings. The Hall–Kier alpha value is -0.930. The van der Waals surface area contributed by atoms with Crippen LogP contribution in [0.3, 0.4) is 0 Å². The predicted octanol–water partition coefficient (Wildman–Crippen LogP) is 3.60. The summed E-state index contributed by atoms with van der Waals surface area (Å²) in [5, 5.41) is 3.45. The van der Waals surface area contributed by atoms with Crippen molar-refractivity contribution >= 4 is 34.8 Å². The number of ether oxygens (including phenoxy) is 1. The van der Waals surface area contributed by atoms with Gasteiger partial charge in [-0.2, -0.15) is 0 Å². The Morgan fingerprint density at radius 2 is 1.81 bits per heavy atom. The van der Waals surface area contributed by atoms with Gasteiger partial charge >= 0.3 is 0 Å². The normalized spacial score (nSPS) is 10.4. The molecule has 1 aromatic carbocycles. The Balaban J connectivity index is 2.96. The maximum Gasteiger partial charge on any atom is 0.226 e. The minimum atomic E-state index is -0.0975. The topological polar surface area (TPSA) is 38.3 Å². The van der Waals surface area contributed by atoms with Crippen LogP contribution >= 0.6 is 23.2 Å². The summed E-state index contributed by atoms with van der Waals surface area (Å²) in [7, 11) is 1.49. The molecule has 0 heterocycles. The monoisotopic (exact) mass is 261 g/mol. The first kappa shape index (κ1) is 13.1. The summed E-state index contributed by atoms with van der Waals surface area (Å²) in [5.74, 6) is 0.225. The van der Waals surface area contributed by atoms with Gasteiger partial charge in [0.15, 0.2) is 5.75 Å². The molecule has 1 N–H and O–H groups in total. The minimum Gasteiger partial charge on any atom is -0.494 e. The molecule has 0 aliphatic rings. The van der Waals surface area contributed by atoms with Gasteiger partial charge in [0.05, 0.1) is 17.2 Å². The molecule has 0 fully saturated rings. The highest BCUT2D eigenvalue weighted by molar-refractivity contribution is 6.37. The highest BCUT2D eigenvalue weighted by Gasteiger charge is 2.12. The molecule has 0 saturated carbocycles. The number of carbonyl (C=O) groups excluding carboxylic acids is 1. The molecule has 1 amide bonds. The van der Waals surface area contributed by atoms with E-state index in [0.29, 0.717) is 21.5 Å². The van der Waals surface area contributed by atoms with Crippen LogP contribution in [0.2, 0.25) is 10.0 Å². The summed E-state index contributed by atoms with van der Waals surface area (Å²) in [6.07, 6.45) is 0. The van der Waals surface area contributed by atoms with E-state index >= 15 is 0 Å². The van der Waals surface area contributed by atoms with E-state index in [-0.39, 0.29) is 11.8 Å². The molecule has 0 aliphatic heterocycles. The zero-order chi connectivity index (χ0) is 12.3. The molecule has 0 aliphatic carbocycles. The van der Waals surface area contributed by atoms with Crippen LogP contribution in [-0.4, -0.2) is 13.0 Å². The molecule has 0 saturated heterocycles. The van der Waals surface area contributed by atoms with Crippen molar-refractivity contribution in [3.63, 3.8) is 0 Å². The fourth-order valence-corrected chi connectivity index (χ4v) is 1.76. The second-order valence-electron chi connectivity index (χ2n) is 3.62. The summed E-state index contributed by atoms with van der Waals surface area (Å²) in [5.41, 5.74) is 0.564. The zero-order valence-corrected chi connectivity index (χ0v) is 10.8. The Labute approximate surface area is 105 Å². The number of anilines is 1. The van der Waals surface area contributed by atoms with Gasteiger partial charge in [0.25, 0.3) is 0 Å². The second-order valence-corrected chi connectivity index (χ2v) is 4.43. The third-order valence-corrected chi connectivity index (χ3v) is 2.56. The first-order chi connectivity index (χ1) is 7.45. The lowest BCUT2D eigenvalue weighted by Crippen LogP contribution is -2.17. The molecule has 16 heavy (non-hydrogen) atoms. The third-order valence-electron chi connectivity index (χ3n) is 1.99. The first-order valence-electron chi connectivity index (χ1n) is 4.79. The summed E-state index contributed by atoms with van der Waals surface area (Å²) < 4.78 is 5.01. The van der Waals surface area contributed by atoms with Crippen LogP contribution in [0.4, 0.5) is 5.69 Å². The second kappa shape index (κ2) is 5.41. The fraction of sp³-hybridized carbons (Fsp3) is 0.364.